The van der Waals surface area contributed by atoms with Gasteiger partial charge in [0.25, 0.3) is 0 Å². The van der Waals surface area contributed by atoms with Crippen LogP contribution < -0.4 is 0 Å². The van der Waals surface area contributed by atoms with E-state index >= 15 is 0 Å². The molecule has 0 bridgehead atoms. The van der Waals surface area contributed by atoms with E-state index in [4.69, 9.17) is 0 Å². The zero-order valence-electron chi connectivity index (χ0n) is 6.52. The second kappa shape index (κ2) is 6.47. The molecular formula is C8H17S. The van der Waals surface area contributed by atoms with Crippen LogP contribution in [0.3, 0.4) is 0 Å². The molecule has 0 nitrogen and oxygen atoms in total. The third-order valence-corrected chi connectivity index (χ3v) is 2.67. The summed E-state index contributed by atoms with van der Waals surface area (Å²) < 4.78 is 0. The molecule has 0 saturated heterocycles. The SMILES string of the molecule is [CH2]CCC(C)SCCC. The van der Waals surface area contributed by atoms with Crippen molar-refractivity contribution in [3.8, 4) is 0 Å². The van der Waals surface area contributed by atoms with E-state index in [2.05, 4.69) is 32.5 Å². The normalized spacial score (nSPS) is 13.7. The molecule has 1 unspecified atom stereocenters. The van der Waals surface area contributed by atoms with E-state index in [1.54, 1.807) is 0 Å². The van der Waals surface area contributed by atoms with Crippen LogP contribution in [0.25, 0.3) is 0 Å². The van der Waals surface area contributed by atoms with Gasteiger partial charge in [0.15, 0.2) is 0 Å². The van der Waals surface area contributed by atoms with Gasteiger partial charge in [-0.25, -0.2) is 0 Å². The Morgan fingerprint density at radius 1 is 1.56 bits per heavy atom. The first-order valence-corrected chi connectivity index (χ1v) is 4.77. The largest absolute Gasteiger partial charge is 0.159 e. The highest BCUT2D eigenvalue weighted by Gasteiger charge is 1.97. The molecule has 1 radical (unpaired) electrons. The Morgan fingerprint density at radius 3 is 2.67 bits per heavy atom. The molecule has 0 aliphatic carbocycles. The maximum absolute atomic E-state index is 3.82. The predicted octanol–water partition coefficient (Wildman–Crippen LogP) is 3.13. The van der Waals surface area contributed by atoms with Crippen molar-refractivity contribution >= 4 is 11.8 Å². The minimum Gasteiger partial charge on any atom is -0.159 e. The van der Waals surface area contributed by atoms with E-state index in [0.29, 0.717) is 0 Å². The molecule has 0 fully saturated rings. The van der Waals surface area contributed by atoms with Gasteiger partial charge in [0.2, 0.25) is 0 Å². The monoisotopic (exact) mass is 145 g/mol. The number of hydrogen-bond donors (Lipinski definition) is 0. The standard InChI is InChI=1S/C8H17S/c1-4-6-8(3)9-7-5-2/h8H,1,4-7H2,2-3H3. The molecule has 9 heavy (non-hydrogen) atoms. The molecule has 0 spiro atoms. The van der Waals surface area contributed by atoms with Crippen LogP contribution in [-0.4, -0.2) is 11.0 Å². The first-order valence-electron chi connectivity index (χ1n) is 3.72. The van der Waals surface area contributed by atoms with Crippen LogP contribution in [0.2, 0.25) is 0 Å². The fraction of sp³-hybridized carbons (Fsp3) is 0.875. The maximum Gasteiger partial charge on any atom is 0.00187 e. The Bertz CT molecular complexity index is 52.5. The van der Waals surface area contributed by atoms with E-state index in [1.807, 2.05) is 0 Å². The molecule has 0 saturated carbocycles. The van der Waals surface area contributed by atoms with Crippen molar-refractivity contribution in [2.45, 2.75) is 38.4 Å². The van der Waals surface area contributed by atoms with Crippen molar-refractivity contribution < 1.29 is 0 Å². The Labute approximate surface area is 63.4 Å². The Hall–Kier alpha value is 0.350. The van der Waals surface area contributed by atoms with Crippen LogP contribution in [-0.2, 0) is 0 Å². The zero-order valence-corrected chi connectivity index (χ0v) is 7.34. The summed E-state index contributed by atoms with van der Waals surface area (Å²) >= 11 is 2.06. The van der Waals surface area contributed by atoms with Crippen molar-refractivity contribution in [2.24, 2.45) is 0 Å². The lowest BCUT2D eigenvalue weighted by Gasteiger charge is -2.06. The summed E-state index contributed by atoms with van der Waals surface area (Å²) in [5.74, 6) is 1.31. The zero-order chi connectivity index (χ0) is 7.11. The van der Waals surface area contributed by atoms with E-state index < -0.39 is 0 Å². The van der Waals surface area contributed by atoms with E-state index in [0.717, 1.165) is 11.7 Å². The molecular weight excluding hydrogens is 128 g/mol. The van der Waals surface area contributed by atoms with E-state index in [-0.39, 0.29) is 0 Å². The van der Waals surface area contributed by atoms with E-state index in [9.17, 15) is 0 Å². The fourth-order valence-electron chi connectivity index (χ4n) is 0.690. The molecule has 0 aromatic carbocycles. The Morgan fingerprint density at radius 2 is 2.22 bits per heavy atom. The lowest BCUT2D eigenvalue weighted by atomic mass is 10.3. The van der Waals surface area contributed by atoms with Gasteiger partial charge in [0.05, 0.1) is 0 Å². The highest BCUT2D eigenvalue weighted by molar-refractivity contribution is 7.99. The molecule has 1 atom stereocenters. The summed E-state index contributed by atoms with van der Waals surface area (Å²) in [6, 6.07) is 0. The first-order chi connectivity index (χ1) is 4.31. The lowest BCUT2D eigenvalue weighted by molar-refractivity contribution is 0.828. The van der Waals surface area contributed by atoms with Crippen LogP contribution in [0.5, 0.6) is 0 Å². The summed E-state index contributed by atoms with van der Waals surface area (Å²) in [7, 11) is 0. The molecule has 0 amide bonds. The fourth-order valence-corrected chi connectivity index (χ4v) is 1.66. The average Bonchev–Trinajstić information content (AvgIpc) is 1.85. The predicted molar refractivity (Wildman–Crippen MR) is 46.8 cm³/mol. The third kappa shape index (κ3) is 6.23. The summed E-state index contributed by atoms with van der Waals surface area (Å²) in [5, 5.41) is 0.822. The van der Waals surface area contributed by atoms with Gasteiger partial charge in [-0.05, 0) is 18.6 Å². The molecule has 55 valence electrons. The van der Waals surface area contributed by atoms with Gasteiger partial charge in [0.1, 0.15) is 0 Å². The highest BCUT2D eigenvalue weighted by atomic mass is 32.2. The topological polar surface area (TPSA) is 0 Å². The molecule has 0 aliphatic heterocycles. The van der Waals surface area contributed by atoms with Gasteiger partial charge >= 0.3 is 0 Å². The Balaban J connectivity index is 2.95. The molecule has 1 heteroatoms. The molecule has 0 rings (SSSR count). The quantitative estimate of drug-likeness (QED) is 0.572. The smallest absolute Gasteiger partial charge is 0.00187 e. The van der Waals surface area contributed by atoms with Gasteiger partial charge in [-0.1, -0.05) is 27.2 Å². The molecule has 0 aliphatic rings. The maximum atomic E-state index is 3.82. The van der Waals surface area contributed by atoms with Crippen LogP contribution in [0, 0.1) is 6.92 Å². The van der Waals surface area contributed by atoms with Crippen LogP contribution in [0.1, 0.15) is 33.1 Å². The molecule has 0 N–H and O–H groups in total. The average molecular weight is 145 g/mol. The van der Waals surface area contributed by atoms with Crippen molar-refractivity contribution in [1.29, 1.82) is 0 Å². The Kier molecular flexibility index (Phi) is 6.72. The minimum atomic E-state index is 0.822. The van der Waals surface area contributed by atoms with Crippen molar-refractivity contribution in [1.82, 2.24) is 0 Å². The van der Waals surface area contributed by atoms with Gasteiger partial charge in [-0.15, -0.1) is 0 Å². The van der Waals surface area contributed by atoms with Gasteiger partial charge in [0, 0.05) is 5.25 Å². The van der Waals surface area contributed by atoms with Crippen molar-refractivity contribution in [3.63, 3.8) is 0 Å². The second-order valence-corrected chi connectivity index (χ2v) is 3.87. The number of thioether (sulfide) groups is 1. The van der Waals surface area contributed by atoms with Gasteiger partial charge in [-0.3, -0.25) is 0 Å². The van der Waals surface area contributed by atoms with Crippen molar-refractivity contribution in [2.75, 3.05) is 5.75 Å². The van der Waals surface area contributed by atoms with Crippen LogP contribution in [0.4, 0.5) is 0 Å². The second-order valence-electron chi connectivity index (χ2n) is 2.32. The first kappa shape index (κ1) is 9.35. The van der Waals surface area contributed by atoms with Gasteiger partial charge in [-0.2, -0.15) is 11.8 Å². The van der Waals surface area contributed by atoms with Crippen molar-refractivity contribution in [3.05, 3.63) is 6.92 Å². The van der Waals surface area contributed by atoms with Crippen LogP contribution in [0.15, 0.2) is 0 Å². The molecule has 0 heterocycles. The third-order valence-electron chi connectivity index (χ3n) is 1.22. The van der Waals surface area contributed by atoms with E-state index in [1.165, 1.54) is 18.6 Å². The van der Waals surface area contributed by atoms with Gasteiger partial charge < -0.3 is 0 Å². The summed E-state index contributed by atoms with van der Waals surface area (Å²) in [4.78, 5) is 0. The minimum absolute atomic E-state index is 0.822. The summed E-state index contributed by atoms with van der Waals surface area (Å²) in [6.07, 6.45) is 3.65. The lowest BCUT2D eigenvalue weighted by Crippen LogP contribution is -1.95. The van der Waals surface area contributed by atoms with Crippen LogP contribution >= 0.6 is 11.8 Å². The highest BCUT2D eigenvalue weighted by Crippen LogP contribution is 2.15. The number of hydrogen-bond acceptors (Lipinski definition) is 1. The number of rotatable bonds is 5. The molecule has 0 aromatic rings. The molecule has 0 aromatic heterocycles. The summed E-state index contributed by atoms with van der Waals surface area (Å²) in [6.45, 7) is 8.33. The summed E-state index contributed by atoms with van der Waals surface area (Å²) in [5.41, 5.74) is 0.